The number of hydrazone groups is 1. The fourth-order valence-electron chi connectivity index (χ4n) is 3.13. The van der Waals surface area contributed by atoms with E-state index in [9.17, 15) is 4.39 Å². The van der Waals surface area contributed by atoms with Crippen molar-refractivity contribution in [3.05, 3.63) is 102 Å². The molecule has 0 saturated heterocycles. The number of halogens is 1. The third-order valence-electron chi connectivity index (χ3n) is 4.32. The lowest BCUT2D eigenvalue weighted by atomic mass is 9.90. The third-order valence-corrected chi connectivity index (χ3v) is 4.32. The largest absolute Gasteiger partial charge is 0.264 e. The van der Waals surface area contributed by atoms with Gasteiger partial charge in [0.2, 0.25) is 0 Å². The van der Waals surface area contributed by atoms with Gasteiger partial charge in [-0.05, 0) is 29.3 Å². The molecule has 1 aliphatic rings. The van der Waals surface area contributed by atoms with Crippen molar-refractivity contribution in [2.24, 2.45) is 5.10 Å². The highest BCUT2D eigenvalue weighted by Crippen LogP contribution is 2.32. The molecule has 0 bridgehead atoms. The van der Waals surface area contributed by atoms with Gasteiger partial charge in [-0.1, -0.05) is 66.7 Å². The summed E-state index contributed by atoms with van der Waals surface area (Å²) in [7, 11) is 0. The summed E-state index contributed by atoms with van der Waals surface area (Å²) in [5.74, 6) is -0.269. The molecule has 3 aromatic rings. The first-order chi connectivity index (χ1) is 11.8. The molecule has 0 spiro atoms. The number of para-hydroxylation sites is 1. The summed E-state index contributed by atoms with van der Waals surface area (Å²) in [5, 5.41) is 6.77. The minimum atomic E-state index is -0.180. The molecule has 0 amide bonds. The molecule has 3 heteroatoms. The van der Waals surface area contributed by atoms with Gasteiger partial charge in [0.1, 0.15) is 5.82 Å². The minimum Gasteiger partial charge on any atom is -0.264 e. The fraction of sp³-hybridized carbons (Fsp3) is 0.0952. The predicted molar refractivity (Wildman–Crippen MR) is 95.9 cm³/mol. The number of hydrogen-bond donors (Lipinski definition) is 0. The Morgan fingerprint density at radius 3 is 2.12 bits per heavy atom. The van der Waals surface area contributed by atoms with Crippen LogP contribution >= 0.6 is 0 Å². The quantitative estimate of drug-likeness (QED) is 0.675. The van der Waals surface area contributed by atoms with Crippen molar-refractivity contribution in [1.82, 2.24) is 0 Å². The third kappa shape index (κ3) is 2.69. The molecule has 0 radical (unpaired) electrons. The van der Waals surface area contributed by atoms with Crippen LogP contribution in [0.5, 0.6) is 0 Å². The topological polar surface area (TPSA) is 15.6 Å². The molecular weight excluding hydrogens is 299 g/mol. The SMILES string of the molecule is Fc1ccccc1[C@H]1CN(c2ccccc2)N=C1c1ccccc1. The van der Waals surface area contributed by atoms with Crippen LogP contribution in [0.1, 0.15) is 17.0 Å². The van der Waals surface area contributed by atoms with Gasteiger partial charge in [-0.25, -0.2) is 4.39 Å². The lowest BCUT2D eigenvalue weighted by Gasteiger charge is -2.17. The maximum Gasteiger partial charge on any atom is 0.127 e. The van der Waals surface area contributed by atoms with Crippen molar-refractivity contribution in [2.75, 3.05) is 11.6 Å². The van der Waals surface area contributed by atoms with Crippen LogP contribution in [0.15, 0.2) is 90.0 Å². The molecule has 1 aliphatic heterocycles. The van der Waals surface area contributed by atoms with E-state index in [0.717, 1.165) is 17.0 Å². The van der Waals surface area contributed by atoms with E-state index >= 15 is 0 Å². The molecule has 0 fully saturated rings. The van der Waals surface area contributed by atoms with Crippen molar-refractivity contribution in [2.45, 2.75) is 5.92 Å². The van der Waals surface area contributed by atoms with Crippen LogP contribution in [0, 0.1) is 5.82 Å². The first-order valence-electron chi connectivity index (χ1n) is 8.04. The average molecular weight is 316 g/mol. The summed E-state index contributed by atoms with van der Waals surface area (Å²) in [6, 6.07) is 27.0. The van der Waals surface area contributed by atoms with Crippen LogP contribution in [0.25, 0.3) is 0 Å². The monoisotopic (exact) mass is 316 g/mol. The van der Waals surface area contributed by atoms with Crippen molar-refractivity contribution in [3.63, 3.8) is 0 Å². The van der Waals surface area contributed by atoms with Gasteiger partial charge in [-0.15, -0.1) is 0 Å². The van der Waals surface area contributed by atoms with Crippen molar-refractivity contribution >= 4 is 11.4 Å². The summed E-state index contributed by atoms with van der Waals surface area (Å²) < 4.78 is 14.4. The minimum absolute atomic E-state index is 0.0891. The number of rotatable bonds is 3. The Morgan fingerprint density at radius 2 is 1.42 bits per heavy atom. The molecular formula is C21H17FN2. The molecule has 2 nitrogen and oxygen atoms in total. The van der Waals surface area contributed by atoms with Crippen LogP contribution in [-0.4, -0.2) is 12.3 Å². The Hall–Kier alpha value is -2.94. The number of anilines is 1. The van der Waals surface area contributed by atoms with E-state index < -0.39 is 0 Å². The average Bonchev–Trinajstić information content (AvgIpc) is 3.09. The zero-order valence-corrected chi connectivity index (χ0v) is 13.1. The van der Waals surface area contributed by atoms with Crippen LogP contribution in [-0.2, 0) is 0 Å². The van der Waals surface area contributed by atoms with Gasteiger partial charge in [0.25, 0.3) is 0 Å². The number of hydrogen-bond acceptors (Lipinski definition) is 2. The zero-order chi connectivity index (χ0) is 16.4. The van der Waals surface area contributed by atoms with Crippen molar-refractivity contribution in [3.8, 4) is 0 Å². The van der Waals surface area contributed by atoms with Gasteiger partial charge in [0.15, 0.2) is 0 Å². The van der Waals surface area contributed by atoms with E-state index in [4.69, 9.17) is 5.10 Å². The van der Waals surface area contributed by atoms with E-state index in [2.05, 4.69) is 0 Å². The lowest BCUT2D eigenvalue weighted by Crippen LogP contribution is -2.19. The molecule has 0 unspecified atom stereocenters. The smallest absolute Gasteiger partial charge is 0.127 e. The summed E-state index contributed by atoms with van der Waals surface area (Å²) in [4.78, 5) is 0. The second-order valence-electron chi connectivity index (χ2n) is 5.84. The Balaban J connectivity index is 1.79. The second kappa shape index (κ2) is 6.28. The van der Waals surface area contributed by atoms with Crippen LogP contribution in [0.3, 0.4) is 0 Å². The number of nitrogens with zero attached hydrogens (tertiary/aromatic N) is 2. The molecule has 3 aromatic carbocycles. The van der Waals surface area contributed by atoms with Crippen LogP contribution in [0.2, 0.25) is 0 Å². The highest BCUT2D eigenvalue weighted by atomic mass is 19.1. The molecule has 4 rings (SSSR count). The Bertz CT molecular complexity index is 859. The standard InChI is InChI=1S/C21H17FN2/c22-20-14-8-7-13-18(20)19-15-24(17-11-5-2-6-12-17)23-21(19)16-9-3-1-4-10-16/h1-14,19H,15H2/t19-/m1/s1. The lowest BCUT2D eigenvalue weighted by molar-refractivity contribution is 0.605. The highest BCUT2D eigenvalue weighted by Gasteiger charge is 2.31. The van der Waals surface area contributed by atoms with E-state index in [1.807, 2.05) is 77.8 Å². The zero-order valence-electron chi connectivity index (χ0n) is 13.1. The molecule has 1 heterocycles. The predicted octanol–water partition coefficient (Wildman–Crippen LogP) is 4.83. The van der Waals surface area contributed by atoms with E-state index in [1.54, 1.807) is 6.07 Å². The molecule has 0 saturated carbocycles. The van der Waals surface area contributed by atoms with Gasteiger partial charge in [0.05, 0.1) is 23.9 Å². The van der Waals surface area contributed by atoms with E-state index in [-0.39, 0.29) is 11.7 Å². The Morgan fingerprint density at radius 1 is 0.792 bits per heavy atom. The Kier molecular flexibility index (Phi) is 3.83. The molecule has 24 heavy (non-hydrogen) atoms. The van der Waals surface area contributed by atoms with Gasteiger partial charge in [-0.2, -0.15) is 5.10 Å². The van der Waals surface area contributed by atoms with E-state index in [0.29, 0.717) is 12.1 Å². The summed E-state index contributed by atoms with van der Waals surface area (Å²) in [6.07, 6.45) is 0. The molecule has 0 aromatic heterocycles. The summed E-state index contributed by atoms with van der Waals surface area (Å²) >= 11 is 0. The normalized spacial score (nSPS) is 17.0. The van der Waals surface area contributed by atoms with Crippen molar-refractivity contribution < 1.29 is 4.39 Å². The molecule has 1 atom stereocenters. The summed E-state index contributed by atoms with van der Waals surface area (Å²) in [5.41, 5.74) is 3.65. The fourth-order valence-corrected chi connectivity index (χ4v) is 3.13. The molecule has 118 valence electrons. The second-order valence-corrected chi connectivity index (χ2v) is 5.84. The van der Waals surface area contributed by atoms with E-state index in [1.165, 1.54) is 6.07 Å². The first-order valence-corrected chi connectivity index (χ1v) is 8.04. The van der Waals surface area contributed by atoms with Crippen LogP contribution in [0.4, 0.5) is 10.1 Å². The summed E-state index contributed by atoms with van der Waals surface area (Å²) in [6.45, 7) is 0.634. The van der Waals surface area contributed by atoms with Crippen LogP contribution < -0.4 is 5.01 Å². The van der Waals surface area contributed by atoms with Gasteiger partial charge in [0, 0.05) is 0 Å². The number of benzene rings is 3. The van der Waals surface area contributed by atoms with Gasteiger partial charge < -0.3 is 0 Å². The maximum absolute atomic E-state index is 14.4. The highest BCUT2D eigenvalue weighted by molar-refractivity contribution is 6.07. The molecule has 0 N–H and O–H groups in total. The van der Waals surface area contributed by atoms with Crippen molar-refractivity contribution in [1.29, 1.82) is 0 Å². The van der Waals surface area contributed by atoms with Gasteiger partial charge >= 0.3 is 0 Å². The van der Waals surface area contributed by atoms with Gasteiger partial charge in [-0.3, -0.25) is 5.01 Å². The Labute approximate surface area is 140 Å². The molecule has 0 aliphatic carbocycles. The maximum atomic E-state index is 14.4. The first kappa shape index (κ1) is 14.6.